The molecule has 1 aromatic carbocycles. The molecule has 0 aliphatic rings. The van der Waals surface area contributed by atoms with Crippen LogP contribution in [0.25, 0.3) is 0 Å². The Bertz CT molecular complexity index is 772. The van der Waals surface area contributed by atoms with Crippen LogP contribution in [0, 0.1) is 11.8 Å². The zero-order chi connectivity index (χ0) is 32.4. The van der Waals surface area contributed by atoms with Crippen molar-refractivity contribution in [3.05, 3.63) is 35.4 Å². The third-order valence-corrected chi connectivity index (χ3v) is 13.1. The highest BCUT2D eigenvalue weighted by Crippen LogP contribution is 2.26. The standard InChI is InChI=1S/C34H58S6.C4H6/c1-3-5-7-9-11-13-15-17-19-21-27-37-33(35)39-29-31-23-25-32(26-24-31)30-40-34(36)38-28-22-20-18-16-14-12-10-8-6-4-2;1-3-4-2/h23-26H,3-22,27-30H2,1-2H3;1-2H3. The van der Waals surface area contributed by atoms with Gasteiger partial charge in [0.05, 0.1) is 0 Å². The zero-order valence-electron chi connectivity index (χ0n) is 28.7. The van der Waals surface area contributed by atoms with E-state index >= 15 is 0 Å². The third-order valence-electron chi connectivity index (χ3n) is 7.42. The lowest BCUT2D eigenvalue weighted by molar-refractivity contribution is 0.563. The summed E-state index contributed by atoms with van der Waals surface area (Å²) in [5, 5.41) is 0. The fraction of sp³-hybridized carbons (Fsp3) is 0.737. The first kappa shape index (κ1) is 44.4. The summed E-state index contributed by atoms with van der Waals surface area (Å²) in [6.07, 6.45) is 27.9. The van der Waals surface area contributed by atoms with Gasteiger partial charge in [-0.25, -0.2) is 0 Å². The molecule has 1 rings (SSSR count). The SMILES string of the molecule is CC#CC.CCCCCCCCCCCCSC(=S)SCc1ccc(CSC(=S)SCCCCCCCCCCCC)cc1. The van der Waals surface area contributed by atoms with Crippen LogP contribution in [-0.2, 0) is 11.5 Å². The van der Waals surface area contributed by atoms with E-state index in [2.05, 4.69) is 50.0 Å². The van der Waals surface area contributed by atoms with Crippen LogP contribution in [0.15, 0.2) is 24.3 Å². The second kappa shape index (κ2) is 36.2. The first-order valence-electron chi connectivity index (χ1n) is 17.6. The van der Waals surface area contributed by atoms with E-state index in [1.54, 1.807) is 0 Å². The summed E-state index contributed by atoms with van der Waals surface area (Å²) in [6, 6.07) is 9.05. The molecule has 252 valence electrons. The molecular weight excluding hydrogens is 649 g/mol. The molecule has 1 aromatic rings. The van der Waals surface area contributed by atoms with Gasteiger partial charge in [0.1, 0.15) is 7.06 Å². The van der Waals surface area contributed by atoms with Crippen LogP contribution in [-0.4, -0.2) is 18.6 Å². The number of benzene rings is 1. The van der Waals surface area contributed by atoms with Gasteiger partial charge in [0, 0.05) is 11.5 Å². The average Bonchev–Trinajstić information content (AvgIpc) is 3.04. The van der Waals surface area contributed by atoms with Gasteiger partial charge in [0.15, 0.2) is 0 Å². The quantitative estimate of drug-likeness (QED) is 0.0529. The van der Waals surface area contributed by atoms with Crippen LogP contribution in [0.3, 0.4) is 0 Å². The Morgan fingerprint density at radius 1 is 0.455 bits per heavy atom. The van der Waals surface area contributed by atoms with E-state index < -0.39 is 0 Å². The largest absolute Gasteiger partial charge is 0.108 e. The number of thioether (sulfide) groups is 4. The summed E-state index contributed by atoms with van der Waals surface area (Å²) in [6.45, 7) is 8.22. The molecule has 0 saturated heterocycles. The number of rotatable bonds is 26. The maximum Gasteiger partial charge on any atom is 0.104 e. The number of hydrogen-bond donors (Lipinski definition) is 0. The Morgan fingerprint density at radius 2 is 0.727 bits per heavy atom. The maximum atomic E-state index is 5.61. The first-order chi connectivity index (χ1) is 21.6. The second-order valence-corrected chi connectivity index (χ2v) is 18.0. The number of unbranched alkanes of at least 4 members (excludes halogenated alkanes) is 18. The highest BCUT2D eigenvalue weighted by molar-refractivity contribution is 8.47. The van der Waals surface area contributed by atoms with Crippen molar-refractivity contribution in [2.45, 2.75) is 168 Å². The highest BCUT2D eigenvalue weighted by atomic mass is 32.2. The molecule has 0 saturated carbocycles. The topological polar surface area (TPSA) is 0 Å². The normalized spacial score (nSPS) is 10.5. The average molecular weight is 713 g/mol. The predicted octanol–water partition coefficient (Wildman–Crippen LogP) is 15.1. The van der Waals surface area contributed by atoms with Crippen molar-refractivity contribution in [3.63, 3.8) is 0 Å². The Balaban J connectivity index is 0.00000433. The summed E-state index contributed by atoms with van der Waals surface area (Å²) in [7, 11) is 0. The lowest BCUT2D eigenvalue weighted by atomic mass is 10.1. The van der Waals surface area contributed by atoms with Gasteiger partial charge in [-0.3, -0.25) is 0 Å². The molecule has 0 amide bonds. The lowest BCUT2D eigenvalue weighted by Gasteiger charge is -2.07. The second-order valence-electron chi connectivity index (χ2n) is 11.5. The Labute approximate surface area is 302 Å². The van der Waals surface area contributed by atoms with Crippen LogP contribution in [0.5, 0.6) is 0 Å². The zero-order valence-corrected chi connectivity index (χ0v) is 33.6. The monoisotopic (exact) mass is 712 g/mol. The first-order valence-corrected chi connectivity index (χ1v) is 22.3. The molecule has 0 radical (unpaired) electrons. The van der Waals surface area contributed by atoms with Gasteiger partial charge in [0.2, 0.25) is 0 Å². The van der Waals surface area contributed by atoms with Gasteiger partial charge in [-0.15, -0.1) is 58.9 Å². The van der Waals surface area contributed by atoms with E-state index in [0.29, 0.717) is 0 Å². The van der Waals surface area contributed by atoms with E-state index in [-0.39, 0.29) is 0 Å². The fourth-order valence-corrected chi connectivity index (χ4v) is 8.95. The highest BCUT2D eigenvalue weighted by Gasteiger charge is 2.04. The maximum absolute atomic E-state index is 5.61. The molecule has 0 atom stereocenters. The molecule has 0 fully saturated rings. The molecule has 0 spiro atoms. The van der Waals surface area contributed by atoms with Crippen molar-refractivity contribution in [2.24, 2.45) is 0 Å². The van der Waals surface area contributed by atoms with E-state index in [4.69, 9.17) is 24.4 Å². The summed E-state index contributed by atoms with van der Waals surface area (Å²) in [5.41, 5.74) is 2.72. The fourth-order valence-electron chi connectivity index (χ4n) is 4.59. The number of thiocarbonyl (C=S) groups is 2. The molecule has 0 unspecified atom stereocenters. The molecular formula is C38H64S6. The van der Waals surface area contributed by atoms with Gasteiger partial charge in [-0.05, 0) is 49.3 Å². The van der Waals surface area contributed by atoms with E-state index in [1.807, 2.05) is 60.9 Å². The minimum absolute atomic E-state index is 0.977. The smallest absolute Gasteiger partial charge is 0.104 e. The van der Waals surface area contributed by atoms with E-state index in [9.17, 15) is 0 Å². The summed E-state index contributed by atoms with van der Waals surface area (Å²) >= 11 is 18.6. The van der Waals surface area contributed by atoms with Crippen molar-refractivity contribution < 1.29 is 0 Å². The summed E-state index contributed by atoms with van der Waals surface area (Å²) in [4.78, 5) is 0. The van der Waals surface area contributed by atoms with Crippen LogP contribution >= 0.6 is 71.5 Å². The van der Waals surface area contributed by atoms with Crippen LogP contribution in [0.4, 0.5) is 0 Å². The Kier molecular flexibility index (Phi) is 36.5. The molecule has 0 bridgehead atoms. The van der Waals surface area contributed by atoms with E-state index in [0.717, 1.165) is 18.6 Å². The minimum Gasteiger partial charge on any atom is -0.108 e. The molecule has 44 heavy (non-hydrogen) atoms. The van der Waals surface area contributed by atoms with Gasteiger partial charge >= 0.3 is 0 Å². The summed E-state index contributed by atoms with van der Waals surface area (Å²) < 4.78 is 2.20. The Morgan fingerprint density at radius 3 is 1.00 bits per heavy atom. The van der Waals surface area contributed by atoms with Crippen molar-refractivity contribution in [1.29, 1.82) is 0 Å². The molecule has 0 nitrogen and oxygen atoms in total. The third kappa shape index (κ3) is 32.3. The van der Waals surface area contributed by atoms with Gasteiger partial charge in [0.25, 0.3) is 0 Å². The van der Waals surface area contributed by atoms with Crippen molar-refractivity contribution in [3.8, 4) is 11.8 Å². The summed E-state index contributed by atoms with van der Waals surface area (Å²) in [5.74, 6) is 9.67. The van der Waals surface area contributed by atoms with Crippen LogP contribution < -0.4 is 0 Å². The Hall–Kier alpha value is 0.360. The van der Waals surface area contributed by atoms with Crippen LogP contribution in [0.2, 0.25) is 0 Å². The van der Waals surface area contributed by atoms with Crippen molar-refractivity contribution in [1.82, 2.24) is 0 Å². The van der Waals surface area contributed by atoms with Crippen LogP contribution in [0.1, 0.15) is 167 Å². The van der Waals surface area contributed by atoms with Gasteiger partial charge in [-0.2, -0.15) is 0 Å². The molecule has 0 N–H and O–H groups in total. The lowest BCUT2D eigenvalue weighted by Crippen LogP contribution is -1.91. The minimum atomic E-state index is 0.977. The molecule has 0 aromatic heterocycles. The molecule has 6 heteroatoms. The van der Waals surface area contributed by atoms with Gasteiger partial charge in [-0.1, -0.05) is 178 Å². The molecule has 0 aliphatic carbocycles. The van der Waals surface area contributed by atoms with Gasteiger partial charge < -0.3 is 0 Å². The predicted molar refractivity (Wildman–Crippen MR) is 222 cm³/mol. The van der Waals surface area contributed by atoms with Crippen molar-refractivity contribution >= 4 is 78.5 Å². The van der Waals surface area contributed by atoms with Crippen molar-refractivity contribution in [2.75, 3.05) is 11.5 Å². The van der Waals surface area contributed by atoms with E-state index in [1.165, 1.54) is 151 Å². The molecule has 0 aliphatic heterocycles. The molecule has 0 heterocycles. The number of hydrogen-bond acceptors (Lipinski definition) is 6.